The third-order valence-electron chi connectivity index (χ3n) is 5.51. The highest BCUT2D eigenvalue weighted by Gasteiger charge is 2.34. The topological polar surface area (TPSA) is 152 Å². The number of hydrogen-bond donors (Lipinski definition) is 3. The number of nitriles is 2. The smallest absolute Gasteiger partial charge is 0.270 e. The number of nitrogens with zero attached hydrogens (tertiary/aromatic N) is 4. The normalized spacial score (nSPS) is 16.1. The highest BCUT2D eigenvalue weighted by molar-refractivity contribution is 7.07. The molecule has 11 nitrogen and oxygen atoms in total. The lowest BCUT2D eigenvalue weighted by Crippen LogP contribution is -2.44. The molecule has 36 heavy (non-hydrogen) atoms. The number of ether oxygens (including phenoxy) is 1. The summed E-state index contributed by atoms with van der Waals surface area (Å²) < 4.78 is 7.29. The zero-order chi connectivity index (χ0) is 26.3. The molecule has 1 aliphatic heterocycles. The van der Waals surface area contributed by atoms with Crippen LogP contribution in [0.1, 0.15) is 20.8 Å². The second-order valence-corrected chi connectivity index (χ2v) is 9.58. The second kappa shape index (κ2) is 11.6. The number of benzene rings is 1. The van der Waals surface area contributed by atoms with Crippen molar-refractivity contribution in [3.63, 3.8) is 0 Å². The van der Waals surface area contributed by atoms with Gasteiger partial charge in [-0.3, -0.25) is 23.9 Å². The van der Waals surface area contributed by atoms with E-state index in [9.17, 15) is 19.6 Å². The Morgan fingerprint density at radius 2 is 2.03 bits per heavy atom. The van der Waals surface area contributed by atoms with Crippen molar-refractivity contribution >= 4 is 46.3 Å². The summed E-state index contributed by atoms with van der Waals surface area (Å²) in [5.74, 6) is -0.882. The van der Waals surface area contributed by atoms with Crippen LogP contribution in [0.4, 0.5) is 11.4 Å². The van der Waals surface area contributed by atoms with Crippen LogP contribution in [0.5, 0.6) is 0 Å². The zero-order valence-corrected chi connectivity index (χ0v) is 21.1. The number of carbonyl (C=O) groups is 2. The van der Waals surface area contributed by atoms with Crippen LogP contribution in [-0.4, -0.2) is 53.2 Å². The predicted molar refractivity (Wildman–Crippen MR) is 136 cm³/mol. The van der Waals surface area contributed by atoms with E-state index in [1.165, 1.54) is 10.8 Å². The van der Waals surface area contributed by atoms with E-state index in [0.29, 0.717) is 29.2 Å². The van der Waals surface area contributed by atoms with Gasteiger partial charge < -0.3 is 20.7 Å². The van der Waals surface area contributed by atoms with E-state index < -0.39 is 5.91 Å². The number of carbonyl (C=O) groups excluding carboxylic acids is 2. The molecular weight excluding hydrogens is 482 g/mol. The van der Waals surface area contributed by atoms with Gasteiger partial charge in [0.1, 0.15) is 28.5 Å². The highest BCUT2D eigenvalue weighted by Crippen LogP contribution is 2.21. The second-order valence-electron chi connectivity index (χ2n) is 8.55. The lowest BCUT2D eigenvalue weighted by atomic mass is 10.1. The minimum atomic E-state index is -0.714. The molecule has 0 spiro atoms. The third-order valence-corrected chi connectivity index (χ3v) is 6.64. The lowest BCUT2D eigenvalue weighted by Gasteiger charge is -2.28. The summed E-state index contributed by atoms with van der Waals surface area (Å²) in [7, 11) is 0. The molecule has 0 bridgehead atoms. The molecule has 1 fully saturated rings. The number of rotatable bonds is 8. The average Bonchev–Trinajstić information content (AvgIpc) is 3.34. The number of hydrogen-bond acceptors (Lipinski definition) is 9. The molecule has 1 aromatic heterocycles. The summed E-state index contributed by atoms with van der Waals surface area (Å²) in [6.45, 7) is 6.96. The Bertz CT molecular complexity index is 1410. The van der Waals surface area contributed by atoms with Crippen LogP contribution in [0.2, 0.25) is 0 Å². The van der Waals surface area contributed by atoms with Gasteiger partial charge >= 0.3 is 0 Å². The quantitative estimate of drug-likeness (QED) is 0.424. The van der Waals surface area contributed by atoms with Gasteiger partial charge in [-0.15, -0.1) is 11.3 Å². The molecule has 12 heteroatoms. The fourth-order valence-electron chi connectivity index (χ4n) is 3.54. The number of aromatic nitrogens is 1. The summed E-state index contributed by atoms with van der Waals surface area (Å²) in [6.07, 6.45) is 1.50. The highest BCUT2D eigenvalue weighted by atomic mass is 32.1. The Morgan fingerprint density at radius 3 is 2.67 bits per heavy atom. The van der Waals surface area contributed by atoms with E-state index in [2.05, 4.69) is 16.0 Å². The van der Waals surface area contributed by atoms with Crippen LogP contribution < -0.4 is 30.7 Å². The summed E-state index contributed by atoms with van der Waals surface area (Å²) >= 11 is 0.999. The first-order valence-electron chi connectivity index (χ1n) is 11.2. The van der Waals surface area contributed by atoms with Crippen molar-refractivity contribution in [2.24, 2.45) is 0 Å². The van der Waals surface area contributed by atoms with Crippen LogP contribution >= 0.6 is 11.3 Å². The van der Waals surface area contributed by atoms with Gasteiger partial charge in [0.2, 0.25) is 5.91 Å². The molecule has 1 aromatic carbocycles. The van der Waals surface area contributed by atoms with Gasteiger partial charge in [0.15, 0.2) is 5.57 Å². The molecule has 0 radical (unpaired) electrons. The Balaban J connectivity index is 1.81. The molecule has 1 aliphatic rings. The van der Waals surface area contributed by atoms with E-state index in [4.69, 9.17) is 10.00 Å². The predicted octanol–water partition coefficient (Wildman–Crippen LogP) is 0.101. The maximum atomic E-state index is 12.9. The molecular formula is C24H27N7O4S. The zero-order valence-electron chi connectivity index (χ0n) is 20.3. The number of nitrogens with one attached hydrogen (secondary N) is 3. The molecule has 3 N–H and O–H groups in total. The van der Waals surface area contributed by atoms with E-state index in [0.717, 1.165) is 11.3 Å². The van der Waals surface area contributed by atoms with Crippen molar-refractivity contribution in [2.45, 2.75) is 32.9 Å². The summed E-state index contributed by atoms with van der Waals surface area (Å²) in [6, 6.07) is 10.6. The van der Waals surface area contributed by atoms with Crippen LogP contribution in [0.15, 0.2) is 29.1 Å². The van der Waals surface area contributed by atoms with E-state index in [-0.39, 0.29) is 46.9 Å². The minimum absolute atomic E-state index is 0.169. The van der Waals surface area contributed by atoms with Crippen molar-refractivity contribution in [1.82, 2.24) is 14.8 Å². The van der Waals surface area contributed by atoms with Crippen LogP contribution in [0.3, 0.4) is 0 Å². The van der Waals surface area contributed by atoms with Crippen molar-refractivity contribution in [3.8, 4) is 12.1 Å². The maximum Gasteiger partial charge on any atom is 0.270 e. The van der Waals surface area contributed by atoms with Gasteiger partial charge in [0, 0.05) is 29.7 Å². The van der Waals surface area contributed by atoms with Gasteiger partial charge in [-0.05, 0) is 39.0 Å². The molecule has 0 aliphatic carbocycles. The Morgan fingerprint density at radius 1 is 1.28 bits per heavy atom. The fraction of sp³-hybridized carbons (Fsp3) is 0.375. The van der Waals surface area contributed by atoms with Gasteiger partial charge in [-0.1, -0.05) is 6.07 Å². The van der Waals surface area contributed by atoms with Gasteiger partial charge in [-0.2, -0.15) is 10.5 Å². The Labute approximate surface area is 211 Å². The fourth-order valence-corrected chi connectivity index (χ4v) is 4.62. The van der Waals surface area contributed by atoms with Crippen molar-refractivity contribution in [3.05, 3.63) is 43.8 Å². The van der Waals surface area contributed by atoms with Gasteiger partial charge in [0.05, 0.1) is 19.2 Å². The van der Waals surface area contributed by atoms with E-state index in [1.54, 1.807) is 37.3 Å². The molecule has 2 amide bonds. The molecule has 2 aromatic rings. The first kappa shape index (κ1) is 26.6. The van der Waals surface area contributed by atoms with Crippen LogP contribution in [0, 0.1) is 22.7 Å². The molecule has 2 heterocycles. The molecule has 3 rings (SSSR count). The number of thiazole rings is 1. The molecule has 0 saturated carbocycles. The third kappa shape index (κ3) is 6.17. The van der Waals surface area contributed by atoms with Crippen molar-refractivity contribution in [2.75, 3.05) is 37.1 Å². The average molecular weight is 510 g/mol. The lowest BCUT2D eigenvalue weighted by molar-refractivity contribution is -0.118. The summed E-state index contributed by atoms with van der Waals surface area (Å²) in [5.41, 5.74) is 0.422. The molecule has 0 atom stereocenters. The van der Waals surface area contributed by atoms with Gasteiger partial charge in [0.25, 0.3) is 11.5 Å². The monoisotopic (exact) mass is 509 g/mol. The van der Waals surface area contributed by atoms with Crippen molar-refractivity contribution in [1.29, 1.82) is 10.5 Å². The first-order chi connectivity index (χ1) is 17.2. The van der Waals surface area contributed by atoms with Crippen molar-refractivity contribution < 1.29 is 14.3 Å². The van der Waals surface area contributed by atoms with Gasteiger partial charge in [-0.25, -0.2) is 0 Å². The van der Waals surface area contributed by atoms with Crippen LogP contribution in [-0.2, 0) is 20.9 Å². The van der Waals surface area contributed by atoms with E-state index >= 15 is 0 Å². The maximum absolute atomic E-state index is 12.9. The number of anilines is 2. The molecule has 188 valence electrons. The molecule has 1 saturated heterocycles. The standard InChI is InChI=1S/C24H27N7O4S/c1-4-31-22(34)19(36-23(31)18(11-26)21(33)27-9-8-25)12-28-16-6-5-7-17(10-16)29-20(32)13-30-15-35-14-24(30,2)3/h5-7,10,12,28H,4,9,13-15H2,1-3H3,(H,27,33)(H,29,32)/b19-12+,23-18-. The number of amides is 2. The van der Waals surface area contributed by atoms with E-state index in [1.807, 2.05) is 24.8 Å². The Kier molecular flexibility index (Phi) is 8.61. The first-order valence-corrected chi connectivity index (χ1v) is 12.0. The minimum Gasteiger partial charge on any atom is -0.364 e. The molecule has 0 unspecified atom stereocenters. The SMILES string of the molecule is CCn1c(=O)/c(=C\Nc2cccc(NC(=O)CN3COCC3(C)C)c2)s/c1=C(/C#N)C(=O)NCC#N. The Hall–Kier alpha value is -3.97. The van der Waals surface area contributed by atoms with Crippen LogP contribution in [0.25, 0.3) is 11.8 Å². The summed E-state index contributed by atoms with van der Waals surface area (Å²) in [5, 5.41) is 26.4. The summed E-state index contributed by atoms with van der Waals surface area (Å²) in [4.78, 5) is 39.6. The largest absolute Gasteiger partial charge is 0.364 e.